The Morgan fingerprint density at radius 1 is 1.50 bits per heavy atom. The molecule has 3 heteroatoms. The Morgan fingerprint density at radius 2 is 2.20 bits per heavy atom. The predicted molar refractivity (Wildman–Crippen MR) is 45.0 cm³/mol. The molecule has 0 saturated carbocycles. The Balaban J connectivity index is 3.09. The van der Waals surface area contributed by atoms with Gasteiger partial charge in [0.05, 0.1) is 6.61 Å². The van der Waals surface area contributed by atoms with Crippen molar-refractivity contribution in [3.05, 3.63) is 23.8 Å². The van der Waals surface area contributed by atoms with Crippen molar-refractivity contribution in [3.8, 4) is 0 Å². The van der Waals surface area contributed by atoms with Crippen molar-refractivity contribution < 1.29 is 5.11 Å². The number of hydrogen-bond acceptors (Lipinski definition) is 2. The number of anilines is 1. The lowest BCUT2D eigenvalue weighted by Gasteiger charge is -2.01. The molecule has 3 N–H and O–H groups in total. The van der Waals surface area contributed by atoms with Crippen LogP contribution in [-0.4, -0.2) is 13.0 Å². The van der Waals surface area contributed by atoms with Crippen LogP contribution in [0.1, 0.15) is 5.56 Å². The number of aliphatic hydroxyl groups excluding tert-OH is 1. The summed E-state index contributed by atoms with van der Waals surface area (Å²) in [7, 11) is 1.95. The standard InChI is InChI=1S/C7H10BNO/c8-7-2-1-6(9)3-5(7)4-10/h1-3,10H,4,8-9H2. The zero-order valence-corrected chi connectivity index (χ0v) is 5.96. The molecule has 0 radical (unpaired) electrons. The summed E-state index contributed by atoms with van der Waals surface area (Å²) in [6.07, 6.45) is 0. The zero-order valence-electron chi connectivity index (χ0n) is 5.96. The van der Waals surface area contributed by atoms with Crippen LogP contribution in [0.5, 0.6) is 0 Å². The molecule has 0 aliphatic rings. The van der Waals surface area contributed by atoms with Gasteiger partial charge in [0, 0.05) is 5.69 Å². The van der Waals surface area contributed by atoms with Crippen LogP contribution in [0.25, 0.3) is 0 Å². The van der Waals surface area contributed by atoms with E-state index in [9.17, 15) is 0 Å². The van der Waals surface area contributed by atoms with E-state index >= 15 is 0 Å². The largest absolute Gasteiger partial charge is 0.399 e. The normalized spacial score (nSPS) is 9.70. The SMILES string of the molecule is Bc1ccc(N)cc1CO. The quantitative estimate of drug-likeness (QED) is 0.384. The molecule has 0 bridgehead atoms. The topological polar surface area (TPSA) is 46.2 Å². The van der Waals surface area contributed by atoms with Crippen LogP contribution < -0.4 is 11.2 Å². The molecule has 0 amide bonds. The Hall–Kier alpha value is -0.955. The predicted octanol–water partition coefficient (Wildman–Crippen LogP) is -0.981. The van der Waals surface area contributed by atoms with E-state index in [1.165, 1.54) is 0 Å². The van der Waals surface area contributed by atoms with E-state index in [-0.39, 0.29) is 6.61 Å². The fourth-order valence-corrected chi connectivity index (χ4v) is 0.862. The third-order valence-electron chi connectivity index (χ3n) is 1.54. The third-order valence-corrected chi connectivity index (χ3v) is 1.54. The third kappa shape index (κ3) is 1.31. The van der Waals surface area contributed by atoms with Gasteiger partial charge in [-0.15, -0.1) is 0 Å². The Morgan fingerprint density at radius 3 is 2.70 bits per heavy atom. The van der Waals surface area contributed by atoms with Gasteiger partial charge < -0.3 is 10.8 Å². The zero-order chi connectivity index (χ0) is 7.56. The van der Waals surface area contributed by atoms with E-state index in [1.54, 1.807) is 6.07 Å². The summed E-state index contributed by atoms with van der Waals surface area (Å²) in [6.45, 7) is 0.0663. The number of hydrogen-bond donors (Lipinski definition) is 2. The molecule has 0 atom stereocenters. The summed E-state index contributed by atoms with van der Waals surface area (Å²) in [5.41, 5.74) is 8.18. The maximum Gasteiger partial charge on any atom is 0.139 e. The molecule has 0 aromatic heterocycles. The average molecular weight is 135 g/mol. The molecule has 1 aromatic rings. The van der Waals surface area contributed by atoms with E-state index in [0.717, 1.165) is 11.0 Å². The van der Waals surface area contributed by atoms with Crippen LogP contribution in [0, 0.1) is 0 Å². The molecule has 2 nitrogen and oxygen atoms in total. The number of aliphatic hydroxyl groups is 1. The second kappa shape index (κ2) is 2.75. The molecule has 0 aliphatic heterocycles. The van der Waals surface area contributed by atoms with Crippen molar-refractivity contribution in [1.82, 2.24) is 0 Å². The van der Waals surface area contributed by atoms with Crippen LogP contribution in [0.3, 0.4) is 0 Å². The van der Waals surface area contributed by atoms with Gasteiger partial charge in [-0.2, -0.15) is 0 Å². The van der Waals surface area contributed by atoms with E-state index in [1.807, 2.05) is 20.0 Å². The molecule has 0 aliphatic carbocycles. The highest BCUT2D eigenvalue weighted by Gasteiger charge is 1.94. The summed E-state index contributed by atoms with van der Waals surface area (Å²) >= 11 is 0. The fraction of sp³-hybridized carbons (Fsp3) is 0.143. The van der Waals surface area contributed by atoms with Gasteiger partial charge in [-0.25, -0.2) is 0 Å². The first kappa shape index (κ1) is 7.16. The van der Waals surface area contributed by atoms with E-state index in [2.05, 4.69) is 0 Å². The van der Waals surface area contributed by atoms with Gasteiger partial charge in [0.25, 0.3) is 0 Å². The fourth-order valence-electron chi connectivity index (χ4n) is 0.862. The smallest absolute Gasteiger partial charge is 0.139 e. The second-order valence-electron chi connectivity index (χ2n) is 2.34. The first-order valence-corrected chi connectivity index (χ1v) is 3.20. The summed E-state index contributed by atoms with van der Waals surface area (Å²) in [6, 6.07) is 5.52. The summed E-state index contributed by atoms with van der Waals surface area (Å²) < 4.78 is 0. The van der Waals surface area contributed by atoms with Crippen molar-refractivity contribution in [2.45, 2.75) is 6.61 Å². The molecule has 52 valence electrons. The highest BCUT2D eigenvalue weighted by atomic mass is 16.3. The van der Waals surface area contributed by atoms with Crippen LogP contribution in [-0.2, 0) is 6.61 Å². The molecule has 1 rings (SSSR count). The van der Waals surface area contributed by atoms with Gasteiger partial charge in [-0.05, 0) is 17.7 Å². The van der Waals surface area contributed by atoms with Crippen LogP contribution in [0.2, 0.25) is 0 Å². The van der Waals surface area contributed by atoms with Crippen molar-refractivity contribution >= 4 is 19.0 Å². The lowest BCUT2D eigenvalue weighted by molar-refractivity contribution is 0.283. The summed E-state index contributed by atoms with van der Waals surface area (Å²) in [5.74, 6) is 0. The van der Waals surface area contributed by atoms with Gasteiger partial charge in [0.2, 0.25) is 0 Å². The molecular weight excluding hydrogens is 125 g/mol. The molecule has 0 spiro atoms. The highest BCUT2D eigenvalue weighted by molar-refractivity contribution is 6.33. The Kier molecular flexibility index (Phi) is 1.97. The van der Waals surface area contributed by atoms with Gasteiger partial charge in [0.15, 0.2) is 0 Å². The van der Waals surface area contributed by atoms with Gasteiger partial charge in [-0.1, -0.05) is 11.5 Å². The molecule has 0 saturated heterocycles. The van der Waals surface area contributed by atoms with Gasteiger partial charge >= 0.3 is 0 Å². The monoisotopic (exact) mass is 135 g/mol. The number of nitrogens with two attached hydrogens (primary N) is 1. The first-order valence-electron chi connectivity index (χ1n) is 3.20. The average Bonchev–Trinajstić information content (AvgIpc) is 1.94. The minimum Gasteiger partial charge on any atom is -0.399 e. The molecular formula is C7H10BNO. The summed E-state index contributed by atoms with van der Waals surface area (Å²) in [4.78, 5) is 0. The molecule has 0 unspecified atom stereocenters. The second-order valence-corrected chi connectivity index (χ2v) is 2.34. The minimum atomic E-state index is 0.0663. The van der Waals surface area contributed by atoms with E-state index in [0.29, 0.717) is 5.69 Å². The van der Waals surface area contributed by atoms with Crippen molar-refractivity contribution in [3.63, 3.8) is 0 Å². The van der Waals surface area contributed by atoms with Crippen LogP contribution >= 0.6 is 0 Å². The van der Waals surface area contributed by atoms with Gasteiger partial charge in [0.1, 0.15) is 7.85 Å². The summed E-state index contributed by atoms with van der Waals surface area (Å²) in [5, 5.41) is 8.79. The van der Waals surface area contributed by atoms with Crippen molar-refractivity contribution in [2.75, 3.05) is 5.73 Å². The highest BCUT2D eigenvalue weighted by Crippen LogP contribution is 2.02. The Bertz CT molecular complexity index is 237. The lowest BCUT2D eigenvalue weighted by atomic mass is 9.91. The van der Waals surface area contributed by atoms with Crippen LogP contribution in [0.4, 0.5) is 5.69 Å². The minimum absolute atomic E-state index is 0.0663. The molecule has 10 heavy (non-hydrogen) atoms. The maximum absolute atomic E-state index is 8.79. The van der Waals surface area contributed by atoms with E-state index in [4.69, 9.17) is 10.8 Å². The van der Waals surface area contributed by atoms with Gasteiger partial charge in [-0.3, -0.25) is 0 Å². The lowest BCUT2D eigenvalue weighted by Crippen LogP contribution is -2.10. The van der Waals surface area contributed by atoms with E-state index < -0.39 is 0 Å². The van der Waals surface area contributed by atoms with Crippen molar-refractivity contribution in [1.29, 1.82) is 0 Å². The Labute approximate surface area is 61.1 Å². The molecule has 0 fully saturated rings. The van der Waals surface area contributed by atoms with Crippen LogP contribution in [0.15, 0.2) is 18.2 Å². The number of rotatable bonds is 1. The first-order chi connectivity index (χ1) is 4.74. The number of benzene rings is 1. The van der Waals surface area contributed by atoms with Crippen molar-refractivity contribution in [2.24, 2.45) is 0 Å². The number of nitrogen functional groups attached to an aromatic ring is 1. The molecule has 1 aromatic carbocycles. The molecule has 0 heterocycles. The maximum atomic E-state index is 8.79.